The van der Waals surface area contributed by atoms with Gasteiger partial charge in [0.15, 0.2) is 5.58 Å². The van der Waals surface area contributed by atoms with Crippen LogP contribution in [0.15, 0.2) is 47.1 Å². The number of fused-ring (bicyclic) bond motifs is 1. The summed E-state index contributed by atoms with van der Waals surface area (Å²) >= 11 is 0. The van der Waals surface area contributed by atoms with E-state index in [1.54, 1.807) is 34.9 Å². The maximum absolute atomic E-state index is 13.8. The fourth-order valence-corrected chi connectivity index (χ4v) is 2.22. The summed E-state index contributed by atoms with van der Waals surface area (Å²) in [7, 11) is 1.31. The van der Waals surface area contributed by atoms with Crippen molar-refractivity contribution in [1.29, 1.82) is 0 Å². The number of aromatic nitrogens is 1. The van der Waals surface area contributed by atoms with Crippen LogP contribution in [-0.2, 0) is 11.3 Å². The molecule has 0 saturated carbocycles. The van der Waals surface area contributed by atoms with Crippen LogP contribution >= 0.6 is 0 Å². The number of carbonyl (C=O) groups is 1. The molecule has 0 N–H and O–H groups in total. The Balaban J connectivity index is 2.11. The van der Waals surface area contributed by atoms with Crippen LogP contribution in [0.25, 0.3) is 11.1 Å². The molecule has 2 heterocycles. The summed E-state index contributed by atoms with van der Waals surface area (Å²) < 4.78 is 25.5. The summed E-state index contributed by atoms with van der Waals surface area (Å²) in [6.45, 7) is 0.236. The van der Waals surface area contributed by atoms with E-state index < -0.39 is 5.97 Å². The molecule has 102 valence electrons. The summed E-state index contributed by atoms with van der Waals surface area (Å²) in [5.74, 6) is -0.790. The van der Waals surface area contributed by atoms with E-state index in [1.165, 1.54) is 19.4 Å². The fraction of sp³-hybridized carbons (Fsp3) is 0.133. The van der Waals surface area contributed by atoms with E-state index in [4.69, 9.17) is 9.15 Å². The Kier molecular flexibility index (Phi) is 3.02. The summed E-state index contributed by atoms with van der Waals surface area (Å²) in [5.41, 5.74) is 2.14. The SMILES string of the molecule is COC(=O)c1cc2occc2n1Cc1ccccc1F. The largest absolute Gasteiger partial charge is 0.464 e. The number of furan rings is 1. The molecular weight excluding hydrogens is 261 g/mol. The second-order valence-electron chi connectivity index (χ2n) is 4.37. The molecule has 4 nitrogen and oxygen atoms in total. The lowest BCUT2D eigenvalue weighted by molar-refractivity contribution is 0.0589. The Morgan fingerprint density at radius 1 is 1.35 bits per heavy atom. The van der Waals surface area contributed by atoms with E-state index >= 15 is 0 Å². The van der Waals surface area contributed by atoms with Crippen molar-refractivity contribution in [3.05, 3.63) is 59.7 Å². The first-order chi connectivity index (χ1) is 9.70. The van der Waals surface area contributed by atoms with Gasteiger partial charge in [-0.15, -0.1) is 0 Å². The van der Waals surface area contributed by atoms with Gasteiger partial charge < -0.3 is 13.7 Å². The number of halogens is 1. The Labute approximate surface area is 114 Å². The van der Waals surface area contributed by atoms with E-state index in [0.29, 0.717) is 16.8 Å². The first-order valence-corrected chi connectivity index (χ1v) is 6.09. The zero-order valence-corrected chi connectivity index (χ0v) is 10.8. The van der Waals surface area contributed by atoms with Crippen molar-refractivity contribution < 1.29 is 18.3 Å². The summed E-state index contributed by atoms with van der Waals surface area (Å²) in [5, 5.41) is 0. The monoisotopic (exact) mass is 273 g/mol. The number of rotatable bonds is 3. The number of methoxy groups -OCH3 is 1. The van der Waals surface area contributed by atoms with Gasteiger partial charge in [-0.3, -0.25) is 0 Å². The third-order valence-electron chi connectivity index (χ3n) is 3.20. The van der Waals surface area contributed by atoms with Gasteiger partial charge in [0.25, 0.3) is 0 Å². The highest BCUT2D eigenvalue weighted by Gasteiger charge is 2.18. The second-order valence-corrected chi connectivity index (χ2v) is 4.37. The van der Waals surface area contributed by atoms with Crippen molar-refractivity contribution in [3.63, 3.8) is 0 Å². The minimum absolute atomic E-state index is 0.236. The molecule has 1 aromatic carbocycles. The van der Waals surface area contributed by atoms with Crippen LogP contribution in [0.3, 0.4) is 0 Å². The van der Waals surface area contributed by atoms with Crippen LogP contribution in [0.2, 0.25) is 0 Å². The van der Waals surface area contributed by atoms with Gasteiger partial charge in [0.1, 0.15) is 11.5 Å². The van der Waals surface area contributed by atoms with Gasteiger partial charge >= 0.3 is 5.97 Å². The number of hydrogen-bond donors (Lipinski definition) is 0. The van der Waals surface area contributed by atoms with Gasteiger partial charge in [0.05, 0.1) is 25.4 Å². The third-order valence-corrected chi connectivity index (χ3v) is 3.20. The maximum atomic E-state index is 13.8. The van der Waals surface area contributed by atoms with Crippen LogP contribution in [0, 0.1) is 5.82 Å². The summed E-state index contributed by atoms with van der Waals surface area (Å²) in [6.07, 6.45) is 1.53. The zero-order valence-electron chi connectivity index (χ0n) is 10.8. The van der Waals surface area contributed by atoms with Crippen molar-refractivity contribution in [2.24, 2.45) is 0 Å². The highest BCUT2D eigenvalue weighted by atomic mass is 19.1. The molecule has 0 aliphatic carbocycles. The standard InChI is InChI=1S/C15H12FNO3/c1-19-15(18)13-8-14-12(6-7-20-14)17(13)9-10-4-2-3-5-11(10)16/h2-8H,9H2,1H3. The molecule has 0 unspecified atom stereocenters. The highest BCUT2D eigenvalue weighted by molar-refractivity contribution is 5.94. The first kappa shape index (κ1) is 12.5. The molecule has 0 aliphatic heterocycles. The predicted octanol–water partition coefficient (Wildman–Crippen LogP) is 3.21. The number of carbonyl (C=O) groups excluding carboxylic acids is 1. The number of nitrogens with zero attached hydrogens (tertiary/aromatic N) is 1. The molecular formula is C15H12FNO3. The molecule has 0 aliphatic rings. The molecule has 3 rings (SSSR count). The summed E-state index contributed by atoms with van der Waals surface area (Å²) in [6, 6.07) is 9.80. The van der Waals surface area contributed by atoms with Crippen LogP contribution in [-0.4, -0.2) is 17.6 Å². The number of ether oxygens (including phenoxy) is 1. The first-order valence-electron chi connectivity index (χ1n) is 6.09. The maximum Gasteiger partial charge on any atom is 0.354 e. The topological polar surface area (TPSA) is 44.4 Å². The van der Waals surface area contributed by atoms with Crippen LogP contribution in [0.1, 0.15) is 16.1 Å². The van der Waals surface area contributed by atoms with E-state index in [1.807, 2.05) is 0 Å². The van der Waals surface area contributed by atoms with Crippen LogP contribution in [0.4, 0.5) is 4.39 Å². The van der Waals surface area contributed by atoms with Gasteiger partial charge in [0, 0.05) is 17.7 Å². The minimum Gasteiger partial charge on any atom is -0.464 e. The molecule has 0 atom stereocenters. The Morgan fingerprint density at radius 3 is 2.90 bits per heavy atom. The lowest BCUT2D eigenvalue weighted by Gasteiger charge is -2.09. The van der Waals surface area contributed by atoms with Crippen molar-refractivity contribution in [2.75, 3.05) is 7.11 Å². The van der Waals surface area contributed by atoms with Gasteiger partial charge in [0.2, 0.25) is 0 Å². The molecule has 0 bridgehead atoms. The van der Waals surface area contributed by atoms with E-state index in [2.05, 4.69) is 0 Å². The molecule has 0 amide bonds. The fourth-order valence-electron chi connectivity index (χ4n) is 2.22. The van der Waals surface area contributed by atoms with Crippen molar-refractivity contribution >= 4 is 17.1 Å². The van der Waals surface area contributed by atoms with Crippen LogP contribution < -0.4 is 0 Å². The van der Waals surface area contributed by atoms with Crippen molar-refractivity contribution in [1.82, 2.24) is 4.57 Å². The average Bonchev–Trinajstić information content (AvgIpc) is 3.03. The van der Waals surface area contributed by atoms with Crippen molar-refractivity contribution in [3.8, 4) is 0 Å². The molecule has 0 saturated heterocycles. The third kappa shape index (κ3) is 1.97. The molecule has 0 radical (unpaired) electrons. The molecule has 2 aromatic heterocycles. The Hall–Kier alpha value is -2.56. The Morgan fingerprint density at radius 2 is 2.15 bits per heavy atom. The lowest BCUT2D eigenvalue weighted by atomic mass is 10.2. The van der Waals surface area contributed by atoms with Gasteiger partial charge in [-0.2, -0.15) is 0 Å². The quantitative estimate of drug-likeness (QED) is 0.688. The normalized spacial score (nSPS) is 10.9. The molecule has 0 fully saturated rings. The van der Waals surface area contributed by atoms with E-state index in [0.717, 1.165) is 5.52 Å². The lowest BCUT2D eigenvalue weighted by Crippen LogP contribution is -2.12. The van der Waals surface area contributed by atoms with Crippen molar-refractivity contribution in [2.45, 2.75) is 6.54 Å². The van der Waals surface area contributed by atoms with E-state index in [-0.39, 0.29) is 12.4 Å². The van der Waals surface area contributed by atoms with Gasteiger partial charge in [-0.05, 0) is 6.07 Å². The van der Waals surface area contributed by atoms with Crippen LogP contribution in [0.5, 0.6) is 0 Å². The molecule has 0 spiro atoms. The molecule has 5 heteroatoms. The predicted molar refractivity (Wildman–Crippen MR) is 71.0 cm³/mol. The number of hydrogen-bond acceptors (Lipinski definition) is 3. The van der Waals surface area contributed by atoms with E-state index in [9.17, 15) is 9.18 Å². The number of benzene rings is 1. The molecule has 3 aromatic rings. The van der Waals surface area contributed by atoms with Gasteiger partial charge in [-0.1, -0.05) is 18.2 Å². The minimum atomic E-state index is -0.479. The Bertz CT molecular complexity index is 772. The zero-order chi connectivity index (χ0) is 14.1. The average molecular weight is 273 g/mol. The molecule has 20 heavy (non-hydrogen) atoms. The number of esters is 1. The smallest absolute Gasteiger partial charge is 0.354 e. The highest BCUT2D eigenvalue weighted by Crippen LogP contribution is 2.23. The second kappa shape index (κ2) is 4.85. The van der Waals surface area contributed by atoms with Gasteiger partial charge in [-0.25, -0.2) is 9.18 Å². The summed E-state index contributed by atoms with van der Waals surface area (Å²) in [4.78, 5) is 11.8.